The molecule has 0 saturated carbocycles. The van der Waals surface area contributed by atoms with Crippen LogP contribution in [0.3, 0.4) is 0 Å². The molecule has 0 aliphatic carbocycles. The number of nitrogens with zero attached hydrogens (tertiary/aromatic N) is 2. The molecular formula is C9H16N4O5S. The zero-order valence-electron chi connectivity index (χ0n) is 10.6. The first-order chi connectivity index (χ1) is 8.99. The molecule has 1 saturated heterocycles. The lowest BCUT2D eigenvalue weighted by Crippen LogP contribution is -2.64. The molecule has 0 aromatic carbocycles. The minimum atomic E-state index is -1.48. The number of amides is 1. The maximum Gasteiger partial charge on any atom is 0.217 e. The van der Waals surface area contributed by atoms with E-state index in [-0.39, 0.29) is 19.1 Å². The Morgan fingerprint density at radius 2 is 2.05 bits per heavy atom. The fourth-order valence-corrected chi connectivity index (χ4v) is 2.33. The molecule has 2 N–H and O–H groups in total. The summed E-state index contributed by atoms with van der Waals surface area (Å²) in [6.45, 7) is 1.53. The van der Waals surface area contributed by atoms with E-state index in [0.717, 1.165) is 0 Å². The van der Waals surface area contributed by atoms with E-state index in [1.54, 1.807) is 0 Å². The summed E-state index contributed by atoms with van der Waals surface area (Å²) < 4.78 is 15.8. The lowest BCUT2D eigenvalue weighted by atomic mass is 9.91. The van der Waals surface area contributed by atoms with Crippen LogP contribution in [0.15, 0.2) is 10.4 Å². The quantitative estimate of drug-likeness (QED) is 0.607. The number of piperidine rings is 1. The van der Waals surface area contributed by atoms with Crippen LogP contribution in [0.25, 0.3) is 0 Å². The lowest BCUT2D eigenvalue weighted by Gasteiger charge is -2.36. The molecular weight excluding hydrogens is 276 g/mol. The van der Waals surface area contributed by atoms with Gasteiger partial charge in [-0.2, -0.15) is 9.81 Å². The van der Waals surface area contributed by atoms with Gasteiger partial charge in [0.1, 0.15) is 12.1 Å². The first-order valence-corrected chi connectivity index (χ1v) is 7.10. The van der Waals surface area contributed by atoms with E-state index in [4.69, 9.17) is 4.18 Å². The molecule has 1 amide bonds. The van der Waals surface area contributed by atoms with Gasteiger partial charge in [0.2, 0.25) is 5.91 Å². The van der Waals surface area contributed by atoms with E-state index in [1.165, 1.54) is 13.2 Å². The molecule has 108 valence electrons. The average molecular weight is 292 g/mol. The molecule has 3 unspecified atom stereocenters. The number of nitroso groups, excluding NO2 is 2. The standard InChI is InChI=1S/C9H16N4O5S/c1-5(14)11-6-3-10-7(4-18-19(2)17)9(13-16)8(6)12-15/h6-10H,3-4H2,1-2H3,(H,11,14)/t6-,7+,8?,9?,19?/m0/s1. The summed E-state index contributed by atoms with van der Waals surface area (Å²) in [5.41, 5.74) is 0. The first kappa shape index (κ1) is 15.8. The predicted molar refractivity (Wildman–Crippen MR) is 68.6 cm³/mol. The molecule has 19 heavy (non-hydrogen) atoms. The Morgan fingerprint density at radius 1 is 1.42 bits per heavy atom. The van der Waals surface area contributed by atoms with E-state index < -0.39 is 35.2 Å². The molecule has 0 spiro atoms. The summed E-state index contributed by atoms with van der Waals surface area (Å²) in [6, 6.07) is -3.11. The number of nitrogens with one attached hydrogen (secondary N) is 2. The van der Waals surface area contributed by atoms with Crippen molar-refractivity contribution < 1.29 is 13.2 Å². The van der Waals surface area contributed by atoms with Crippen molar-refractivity contribution in [1.82, 2.24) is 10.6 Å². The summed E-state index contributed by atoms with van der Waals surface area (Å²) in [5, 5.41) is 11.2. The van der Waals surface area contributed by atoms with E-state index in [9.17, 15) is 18.8 Å². The van der Waals surface area contributed by atoms with Crippen molar-refractivity contribution in [2.75, 3.05) is 19.4 Å². The van der Waals surface area contributed by atoms with Crippen LogP contribution in [-0.4, -0.2) is 53.7 Å². The van der Waals surface area contributed by atoms with Crippen LogP contribution in [0.1, 0.15) is 6.92 Å². The van der Waals surface area contributed by atoms with Gasteiger partial charge in [0.05, 0.1) is 18.7 Å². The molecule has 0 bridgehead atoms. The monoisotopic (exact) mass is 292 g/mol. The minimum absolute atomic E-state index is 0.0294. The molecule has 0 aromatic rings. The number of carbonyl (C=O) groups is 1. The van der Waals surface area contributed by atoms with Gasteiger partial charge in [-0.15, -0.1) is 0 Å². The average Bonchev–Trinajstić information content (AvgIpc) is 2.35. The summed E-state index contributed by atoms with van der Waals surface area (Å²) >= 11 is -1.48. The molecule has 1 rings (SSSR count). The summed E-state index contributed by atoms with van der Waals surface area (Å²) in [7, 11) is 0. The Kier molecular flexibility index (Phi) is 6.12. The van der Waals surface area contributed by atoms with Gasteiger partial charge in [-0.25, -0.2) is 4.21 Å². The second kappa shape index (κ2) is 7.36. The second-order valence-corrected chi connectivity index (χ2v) is 5.24. The van der Waals surface area contributed by atoms with Crippen LogP contribution in [0.2, 0.25) is 0 Å². The Morgan fingerprint density at radius 3 is 2.53 bits per heavy atom. The van der Waals surface area contributed by atoms with E-state index in [1.807, 2.05) is 0 Å². The van der Waals surface area contributed by atoms with E-state index in [0.29, 0.717) is 0 Å². The fourth-order valence-electron chi connectivity index (χ4n) is 1.99. The third-order valence-corrected chi connectivity index (χ3v) is 3.29. The van der Waals surface area contributed by atoms with Crippen LogP contribution in [-0.2, 0) is 20.1 Å². The third kappa shape index (κ3) is 4.40. The van der Waals surface area contributed by atoms with Crippen LogP contribution >= 0.6 is 0 Å². The minimum Gasteiger partial charge on any atom is -0.350 e. The maximum absolute atomic E-state index is 11.0. The van der Waals surface area contributed by atoms with Gasteiger partial charge in [-0.05, 0) is 0 Å². The summed E-state index contributed by atoms with van der Waals surface area (Å²) in [5.74, 6) is -0.325. The molecule has 0 aromatic heterocycles. The van der Waals surface area contributed by atoms with Gasteiger partial charge in [0.15, 0.2) is 11.1 Å². The van der Waals surface area contributed by atoms with Gasteiger partial charge < -0.3 is 10.6 Å². The van der Waals surface area contributed by atoms with Crippen molar-refractivity contribution in [2.45, 2.75) is 31.1 Å². The Labute approximate surface area is 112 Å². The SMILES string of the molecule is CC(=O)N[C@H]1CN[C@H](COS(C)=O)C(N=O)C1N=O. The van der Waals surface area contributed by atoms with Crippen LogP contribution < -0.4 is 10.6 Å². The molecule has 1 aliphatic heterocycles. The highest BCUT2D eigenvalue weighted by Gasteiger charge is 2.42. The number of rotatable bonds is 6. The van der Waals surface area contributed by atoms with Crippen molar-refractivity contribution in [3.63, 3.8) is 0 Å². The van der Waals surface area contributed by atoms with Crippen molar-refractivity contribution in [3.8, 4) is 0 Å². The normalized spacial score (nSPS) is 32.3. The van der Waals surface area contributed by atoms with Crippen LogP contribution in [0.5, 0.6) is 0 Å². The van der Waals surface area contributed by atoms with E-state index >= 15 is 0 Å². The van der Waals surface area contributed by atoms with Gasteiger partial charge in [-0.3, -0.25) is 8.98 Å². The highest BCUT2D eigenvalue weighted by Crippen LogP contribution is 2.18. The van der Waals surface area contributed by atoms with Gasteiger partial charge >= 0.3 is 0 Å². The summed E-state index contributed by atoms with van der Waals surface area (Å²) in [6.07, 6.45) is 1.35. The van der Waals surface area contributed by atoms with Crippen LogP contribution in [0.4, 0.5) is 0 Å². The molecule has 1 aliphatic rings. The smallest absolute Gasteiger partial charge is 0.217 e. The van der Waals surface area contributed by atoms with Crippen molar-refractivity contribution in [2.24, 2.45) is 10.4 Å². The van der Waals surface area contributed by atoms with Crippen molar-refractivity contribution in [3.05, 3.63) is 9.81 Å². The molecule has 9 nitrogen and oxygen atoms in total. The topological polar surface area (TPSA) is 126 Å². The molecule has 0 radical (unpaired) electrons. The highest BCUT2D eigenvalue weighted by molar-refractivity contribution is 7.79. The maximum atomic E-state index is 11.0. The Hall–Kier alpha value is -1.26. The Balaban J connectivity index is 2.75. The first-order valence-electron chi connectivity index (χ1n) is 5.61. The molecule has 5 atom stereocenters. The van der Waals surface area contributed by atoms with Gasteiger partial charge in [0.25, 0.3) is 0 Å². The number of hydrogen-bond donors (Lipinski definition) is 2. The lowest BCUT2D eigenvalue weighted by molar-refractivity contribution is -0.120. The van der Waals surface area contributed by atoms with Gasteiger partial charge in [-0.1, -0.05) is 10.4 Å². The van der Waals surface area contributed by atoms with Crippen LogP contribution in [0, 0.1) is 9.81 Å². The zero-order valence-corrected chi connectivity index (χ0v) is 11.4. The van der Waals surface area contributed by atoms with Crippen molar-refractivity contribution >= 4 is 17.0 Å². The molecule has 1 heterocycles. The number of carbonyl (C=O) groups excluding carboxylic acids is 1. The predicted octanol–water partition coefficient (Wildman–Crippen LogP) is -0.957. The Bertz CT molecular complexity index is 380. The second-order valence-electron chi connectivity index (χ2n) is 4.20. The van der Waals surface area contributed by atoms with E-state index in [2.05, 4.69) is 21.0 Å². The molecule has 10 heteroatoms. The highest BCUT2D eigenvalue weighted by atomic mass is 32.2. The molecule has 1 fully saturated rings. The zero-order chi connectivity index (χ0) is 14.4. The van der Waals surface area contributed by atoms with Gasteiger partial charge in [0, 0.05) is 19.7 Å². The largest absolute Gasteiger partial charge is 0.350 e. The fraction of sp³-hybridized carbons (Fsp3) is 0.889. The summed E-state index contributed by atoms with van der Waals surface area (Å²) in [4.78, 5) is 32.8. The number of hydrogen-bond acceptors (Lipinski definition) is 8. The third-order valence-electron chi connectivity index (χ3n) is 2.82. The van der Waals surface area contributed by atoms with Crippen molar-refractivity contribution in [1.29, 1.82) is 0 Å².